The number of aromatic nitrogens is 1. The molecule has 1 amide bonds. The predicted octanol–water partition coefficient (Wildman–Crippen LogP) is 2.09. The number of aromatic amines is 1. The van der Waals surface area contributed by atoms with Crippen LogP contribution in [0.4, 0.5) is 0 Å². The van der Waals surface area contributed by atoms with E-state index in [0.717, 1.165) is 0 Å². The largest absolute Gasteiger partial charge is 0.347 e. The van der Waals surface area contributed by atoms with E-state index in [1.54, 1.807) is 13.8 Å². The van der Waals surface area contributed by atoms with Crippen LogP contribution >= 0.6 is 0 Å². The third-order valence-corrected chi connectivity index (χ3v) is 5.94. The Morgan fingerprint density at radius 1 is 1.15 bits per heavy atom. The van der Waals surface area contributed by atoms with Gasteiger partial charge in [0.2, 0.25) is 15.6 Å². The fraction of sp³-hybridized carbons (Fsp3) is 0.444. The molecule has 0 aliphatic rings. The van der Waals surface area contributed by atoms with Gasteiger partial charge in [-0.3, -0.25) is 9.59 Å². The van der Waals surface area contributed by atoms with Gasteiger partial charge in [-0.05, 0) is 39.0 Å². The highest BCUT2D eigenvalue weighted by atomic mass is 32.2. The Labute approximate surface area is 153 Å². The number of carbonyl (C=O) groups excluding carboxylic acids is 1. The second-order valence-corrected chi connectivity index (χ2v) is 8.99. The number of rotatable bonds is 5. The van der Waals surface area contributed by atoms with Crippen molar-refractivity contribution in [1.29, 1.82) is 0 Å². The van der Waals surface area contributed by atoms with Crippen LogP contribution in [0.15, 0.2) is 34.0 Å². The first-order valence-corrected chi connectivity index (χ1v) is 9.93. The average Bonchev–Trinajstić information content (AvgIpc) is 2.52. The molecule has 2 aromatic rings. The summed E-state index contributed by atoms with van der Waals surface area (Å²) in [6.45, 7) is 9.72. The van der Waals surface area contributed by atoms with E-state index in [1.807, 2.05) is 20.8 Å². The number of hydrogen-bond acceptors (Lipinski definition) is 4. The van der Waals surface area contributed by atoms with Gasteiger partial charge in [-0.1, -0.05) is 13.8 Å². The molecule has 1 aromatic carbocycles. The number of sulfonamides is 1. The van der Waals surface area contributed by atoms with Gasteiger partial charge in [-0.2, -0.15) is 4.31 Å². The van der Waals surface area contributed by atoms with E-state index in [2.05, 4.69) is 10.3 Å². The van der Waals surface area contributed by atoms with Crippen LogP contribution in [-0.2, 0) is 10.0 Å². The van der Waals surface area contributed by atoms with E-state index in [4.69, 9.17) is 0 Å². The van der Waals surface area contributed by atoms with Gasteiger partial charge < -0.3 is 10.3 Å². The van der Waals surface area contributed by atoms with Gasteiger partial charge in [0.1, 0.15) is 0 Å². The Balaban J connectivity index is 2.68. The van der Waals surface area contributed by atoms with Crippen LogP contribution in [0.25, 0.3) is 10.9 Å². The summed E-state index contributed by atoms with van der Waals surface area (Å²) in [5.41, 5.74) is -0.349. The molecule has 0 saturated heterocycles. The van der Waals surface area contributed by atoms with Crippen LogP contribution in [-0.4, -0.2) is 42.2 Å². The lowest BCUT2D eigenvalue weighted by Gasteiger charge is -2.21. The highest BCUT2D eigenvalue weighted by molar-refractivity contribution is 7.89. The van der Waals surface area contributed by atoms with E-state index in [-0.39, 0.29) is 10.5 Å². The lowest BCUT2D eigenvalue weighted by atomic mass is 10.1. The molecule has 0 spiro atoms. The maximum absolute atomic E-state index is 12.8. The molecule has 0 fully saturated rings. The first-order valence-electron chi connectivity index (χ1n) is 8.49. The smallest absolute Gasteiger partial charge is 0.252 e. The third kappa shape index (κ3) is 4.13. The molecule has 142 valence electrons. The highest BCUT2D eigenvalue weighted by Gasteiger charge is 2.24. The van der Waals surface area contributed by atoms with Gasteiger partial charge in [-0.25, -0.2) is 8.42 Å². The maximum atomic E-state index is 12.8. The summed E-state index contributed by atoms with van der Waals surface area (Å²) < 4.78 is 26.9. The van der Waals surface area contributed by atoms with E-state index in [1.165, 1.54) is 28.6 Å². The van der Waals surface area contributed by atoms with Crippen molar-refractivity contribution < 1.29 is 13.2 Å². The van der Waals surface area contributed by atoms with Gasteiger partial charge in [-0.15, -0.1) is 0 Å². The van der Waals surface area contributed by atoms with E-state index in [9.17, 15) is 18.0 Å². The summed E-state index contributed by atoms with van der Waals surface area (Å²) in [6, 6.07) is 5.59. The monoisotopic (exact) mass is 379 g/mol. The van der Waals surface area contributed by atoms with Crippen molar-refractivity contribution in [2.45, 2.75) is 45.1 Å². The third-order valence-electron chi connectivity index (χ3n) is 3.89. The van der Waals surface area contributed by atoms with Gasteiger partial charge in [0, 0.05) is 35.6 Å². The first-order chi connectivity index (χ1) is 12.0. The van der Waals surface area contributed by atoms with Gasteiger partial charge in [0.15, 0.2) is 0 Å². The molecule has 0 aliphatic carbocycles. The molecule has 2 rings (SSSR count). The number of nitrogens with zero attached hydrogens (tertiary/aromatic N) is 1. The molecular formula is C18H25N3O4S. The molecule has 0 radical (unpaired) electrons. The van der Waals surface area contributed by atoms with Crippen molar-refractivity contribution in [3.8, 4) is 0 Å². The molecule has 0 atom stereocenters. The van der Waals surface area contributed by atoms with Crippen molar-refractivity contribution >= 4 is 26.8 Å². The fourth-order valence-corrected chi connectivity index (χ4v) is 4.19. The predicted molar refractivity (Wildman–Crippen MR) is 102 cm³/mol. The van der Waals surface area contributed by atoms with Gasteiger partial charge in [0.25, 0.3) is 5.91 Å². The zero-order valence-electron chi connectivity index (χ0n) is 15.7. The number of benzene rings is 1. The van der Waals surface area contributed by atoms with Crippen LogP contribution in [0.2, 0.25) is 0 Å². The van der Waals surface area contributed by atoms with Crippen LogP contribution in [0, 0.1) is 0 Å². The van der Waals surface area contributed by atoms with Crippen molar-refractivity contribution in [3.63, 3.8) is 0 Å². The summed E-state index contributed by atoms with van der Waals surface area (Å²) in [4.78, 5) is 27.2. The molecule has 0 bridgehead atoms. The topological polar surface area (TPSA) is 99.3 Å². The normalized spacial score (nSPS) is 12.5. The van der Waals surface area contributed by atoms with Crippen LogP contribution in [0.1, 0.15) is 45.0 Å². The molecular weight excluding hydrogens is 354 g/mol. The van der Waals surface area contributed by atoms with Crippen LogP contribution in [0.5, 0.6) is 0 Å². The lowest BCUT2D eigenvalue weighted by molar-refractivity contribution is 0.0921. The number of fused-ring (bicyclic) bond motifs is 1. The number of amides is 1. The fourth-order valence-electron chi connectivity index (χ4n) is 2.70. The van der Waals surface area contributed by atoms with Crippen molar-refractivity contribution in [3.05, 3.63) is 40.2 Å². The standard InChI is InChI=1S/C18H25N3O4S/c1-6-21(7-2)26(24,25)12-8-9-15-13(10-12)14(11-16(22)19-15)17(23)20-18(3,4)5/h8-11H,6-7H2,1-5H3,(H,19,22)(H,20,23). The zero-order valence-corrected chi connectivity index (χ0v) is 16.5. The number of pyridine rings is 1. The molecule has 0 unspecified atom stereocenters. The quantitative estimate of drug-likeness (QED) is 0.831. The minimum Gasteiger partial charge on any atom is -0.347 e. The summed E-state index contributed by atoms with van der Waals surface area (Å²) in [7, 11) is -3.67. The van der Waals surface area contributed by atoms with Gasteiger partial charge in [0.05, 0.1) is 10.5 Å². The molecule has 2 N–H and O–H groups in total. The summed E-state index contributed by atoms with van der Waals surface area (Å²) in [5.74, 6) is -0.425. The molecule has 8 heteroatoms. The Morgan fingerprint density at radius 3 is 2.31 bits per heavy atom. The Morgan fingerprint density at radius 2 is 1.77 bits per heavy atom. The Hall–Kier alpha value is -2.19. The van der Waals surface area contributed by atoms with E-state index < -0.39 is 27.0 Å². The van der Waals surface area contributed by atoms with E-state index in [0.29, 0.717) is 24.0 Å². The Kier molecular flexibility index (Phi) is 5.58. The summed E-state index contributed by atoms with van der Waals surface area (Å²) in [6.07, 6.45) is 0. The summed E-state index contributed by atoms with van der Waals surface area (Å²) >= 11 is 0. The number of hydrogen-bond donors (Lipinski definition) is 2. The molecule has 1 heterocycles. The lowest BCUT2D eigenvalue weighted by Crippen LogP contribution is -2.41. The Bertz CT molecular complexity index is 984. The number of carbonyl (C=O) groups is 1. The first kappa shape index (κ1) is 20.1. The minimum atomic E-state index is -3.67. The minimum absolute atomic E-state index is 0.0885. The highest BCUT2D eigenvalue weighted by Crippen LogP contribution is 2.23. The number of nitrogens with one attached hydrogen (secondary N) is 2. The van der Waals surface area contributed by atoms with Crippen molar-refractivity contribution in [1.82, 2.24) is 14.6 Å². The molecule has 0 aliphatic heterocycles. The van der Waals surface area contributed by atoms with Crippen LogP contribution in [0.3, 0.4) is 0 Å². The van der Waals surface area contributed by atoms with E-state index >= 15 is 0 Å². The molecule has 7 nitrogen and oxygen atoms in total. The van der Waals surface area contributed by atoms with Crippen LogP contribution < -0.4 is 10.9 Å². The molecule has 26 heavy (non-hydrogen) atoms. The summed E-state index contributed by atoms with van der Waals surface area (Å²) in [5, 5.41) is 3.20. The zero-order chi connectivity index (χ0) is 19.7. The average molecular weight is 379 g/mol. The van der Waals surface area contributed by atoms with Gasteiger partial charge >= 0.3 is 0 Å². The van der Waals surface area contributed by atoms with Crippen molar-refractivity contribution in [2.75, 3.05) is 13.1 Å². The van der Waals surface area contributed by atoms with Crippen molar-refractivity contribution in [2.24, 2.45) is 0 Å². The maximum Gasteiger partial charge on any atom is 0.252 e. The second-order valence-electron chi connectivity index (χ2n) is 7.05. The molecule has 0 saturated carbocycles. The SMILES string of the molecule is CCN(CC)S(=O)(=O)c1ccc2[nH]c(=O)cc(C(=O)NC(C)(C)C)c2c1. The number of H-pyrrole nitrogens is 1. The molecule has 1 aromatic heterocycles. The second kappa shape index (κ2) is 7.20.